The molecule has 1 fully saturated rings. The van der Waals surface area contributed by atoms with Gasteiger partial charge in [0, 0.05) is 31.5 Å². The van der Waals surface area contributed by atoms with E-state index >= 15 is 0 Å². The Labute approximate surface area is 153 Å². The highest BCUT2D eigenvalue weighted by atomic mass is 19.4. The molecular weight excluding hydrogens is 359 g/mol. The number of aromatic nitrogens is 5. The maximum atomic E-state index is 13.0. The number of rotatable bonds is 3. The number of alkyl halides is 3. The SMILES string of the molecule is CNC1CCCN(c2ccnc(-c3cnc4cnc(C(F)(F)F)cn34)n2)C1. The Morgan fingerprint density at radius 1 is 1.19 bits per heavy atom. The summed E-state index contributed by atoms with van der Waals surface area (Å²) < 4.78 is 40.3. The molecule has 3 aromatic heterocycles. The molecule has 10 heteroatoms. The first-order chi connectivity index (χ1) is 13.0. The third-order valence-electron chi connectivity index (χ3n) is 4.71. The van der Waals surface area contributed by atoms with Crippen molar-refractivity contribution in [2.24, 2.45) is 0 Å². The molecule has 1 N–H and O–H groups in total. The van der Waals surface area contributed by atoms with E-state index in [1.807, 2.05) is 13.1 Å². The van der Waals surface area contributed by atoms with Crippen LogP contribution >= 0.6 is 0 Å². The monoisotopic (exact) mass is 377 g/mol. The zero-order chi connectivity index (χ0) is 19.0. The van der Waals surface area contributed by atoms with Crippen molar-refractivity contribution in [2.75, 3.05) is 25.0 Å². The van der Waals surface area contributed by atoms with Crippen molar-refractivity contribution >= 4 is 11.5 Å². The van der Waals surface area contributed by atoms with Gasteiger partial charge in [-0.3, -0.25) is 4.40 Å². The maximum absolute atomic E-state index is 13.0. The zero-order valence-electron chi connectivity index (χ0n) is 14.6. The second-order valence-electron chi connectivity index (χ2n) is 6.45. The minimum Gasteiger partial charge on any atom is -0.355 e. The Kier molecular flexibility index (Phi) is 4.42. The lowest BCUT2D eigenvalue weighted by molar-refractivity contribution is -0.141. The molecule has 1 aliphatic rings. The van der Waals surface area contributed by atoms with Crippen molar-refractivity contribution in [3.05, 3.63) is 36.5 Å². The summed E-state index contributed by atoms with van der Waals surface area (Å²) in [6.45, 7) is 1.70. The fraction of sp³-hybridized carbons (Fsp3) is 0.412. The van der Waals surface area contributed by atoms with Gasteiger partial charge in [0.15, 0.2) is 17.2 Å². The third-order valence-corrected chi connectivity index (χ3v) is 4.71. The standard InChI is InChI=1S/C17H18F3N7/c1-21-11-3-2-6-26(9-11)14-4-5-22-16(25-14)12-7-24-15-8-23-13(10-27(12)15)17(18,19)20/h4-5,7-8,10-11,21H,2-3,6,9H2,1H3. The summed E-state index contributed by atoms with van der Waals surface area (Å²) in [5.41, 5.74) is -0.291. The van der Waals surface area contributed by atoms with Gasteiger partial charge in [-0.05, 0) is 26.0 Å². The lowest BCUT2D eigenvalue weighted by Crippen LogP contribution is -2.44. The minimum absolute atomic E-state index is 0.306. The summed E-state index contributed by atoms with van der Waals surface area (Å²) in [5, 5.41) is 3.28. The number of nitrogens with zero attached hydrogens (tertiary/aromatic N) is 6. The van der Waals surface area contributed by atoms with E-state index in [-0.39, 0.29) is 0 Å². The molecule has 27 heavy (non-hydrogen) atoms. The average molecular weight is 377 g/mol. The van der Waals surface area contributed by atoms with Crippen LogP contribution < -0.4 is 10.2 Å². The van der Waals surface area contributed by atoms with Gasteiger partial charge in [-0.15, -0.1) is 0 Å². The molecule has 3 aromatic rings. The summed E-state index contributed by atoms with van der Waals surface area (Å²) in [5.74, 6) is 1.07. The van der Waals surface area contributed by atoms with Crippen LogP contribution in [0.4, 0.5) is 19.0 Å². The number of piperidine rings is 1. The van der Waals surface area contributed by atoms with Gasteiger partial charge in [0.05, 0.1) is 12.4 Å². The Morgan fingerprint density at radius 2 is 2.04 bits per heavy atom. The molecular formula is C17H18F3N7. The highest BCUT2D eigenvalue weighted by molar-refractivity contribution is 5.58. The van der Waals surface area contributed by atoms with Gasteiger partial charge in [0.2, 0.25) is 0 Å². The van der Waals surface area contributed by atoms with Gasteiger partial charge in [0.1, 0.15) is 11.5 Å². The summed E-state index contributed by atoms with van der Waals surface area (Å²) in [7, 11) is 1.93. The van der Waals surface area contributed by atoms with E-state index in [1.165, 1.54) is 10.6 Å². The molecule has 7 nitrogen and oxygen atoms in total. The maximum Gasteiger partial charge on any atom is 0.434 e. The van der Waals surface area contributed by atoms with E-state index in [9.17, 15) is 13.2 Å². The Morgan fingerprint density at radius 3 is 2.81 bits per heavy atom. The average Bonchev–Trinajstić information content (AvgIpc) is 3.11. The number of likely N-dealkylation sites (N-methyl/N-ethyl adjacent to an activating group) is 1. The molecule has 1 atom stereocenters. The number of nitrogens with one attached hydrogen (secondary N) is 1. The van der Waals surface area contributed by atoms with Gasteiger partial charge in [-0.2, -0.15) is 13.2 Å². The molecule has 1 saturated heterocycles. The number of fused-ring (bicyclic) bond motifs is 1. The number of hydrogen-bond donors (Lipinski definition) is 1. The first-order valence-electron chi connectivity index (χ1n) is 8.61. The quantitative estimate of drug-likeness (QED) is 0.756. The molecule has 0 aromatic carbocycles. The van der Waals surface area contributed by atoms with Crippen molar-refractivity contribution in [3.63, 3.8) is 0 Å². The largest absolute Gasteiger partial charge is 0.434 e. The number of anilines is 1. The summed E-state index contributed by atoms with van der Waals surface area (Å²) in [4.78, 5) is 18.5. The lowest BCUT2D eigenvalue weighted by Gasteiger charge is -2.33. The molecule has 0 radical (unpaired) electrons. The number of halogens is 3. The molecule has 1 aliphatic heterocycles. The first-order valence-corrected chi connectivity index (χ1v) is 8.61. The van der Waals surface area contributed by atoms with Gasteiger partial charge < -0.3 is 10.2 Å². The van der Waals surface area contributed by atoms with Crippen LogP contribution in [-0.4, -0.2) is 50.5 Å². The lowest BCUT2D eigenvalue weighted by atomic mass is 10.1. The topological polar surface area (TPSA) is 71.2 Å². The van der Waals surface area contributed by atoms with Crippen LogP contribution in [0.25, 0.3) is 17.2 Å². The van der Waals surface area contributed by atoms with Crippen molar-refractivity contribution in [3.8, 4) is 11.5 Å². The van der Waals surface area contributed by atoms with Gasteiger partial charge in [-0.25, -0.2) is 19.9 Å². The van der Waals surface area contributed by atoms with Crippen LogP contribution in [0.1, 0.15) is 18.5 Å². The fourth-order valence-corrected chi connectivity index (χ4v) is 3.27. The number of hydrogen-bond acceptors (Lipinski definition) is 6. The normalized spacial score (nSPS) is 18.2. The van der Waals surface area contributed by atoms with Crippen LogP contribution in [0.5, 0.6) is 0 Å². The van der Waals surface area contributed by atoms with Gasteiger partial charge >= 0.3 is 6.18 Å². The third kappa shape index (κ3) is 3.44. The van der Waals surface area contributed by atoms with E-state index in [4.69, 9.17) is 0 Å². The van der Waals surface area contributed by atoms with Crippen LogP contribution in [0.3, 0.4) is 0 Å². The molecule has 4 heterocycles. The molecule has 0 amide bonds. The molecule has 0 spiro atoms. The molecule has 0 aliphatic carbocycles. The highest BCUT2D eigenvalue weighted by Crippen LogP contribution is 2.29. The summed E-state index contributed by atoms with van der Waals surface area (Å²) >= 11 is 0. The van der Waals surface area contributed by atoms with Crippen molar-refractivity contribution in [1.82, 2.24) is 29.7 Å². The Balaban J connectivity index is 1.71. The van der Waals surface area contributed by atoms with Crippen molar-refractivity contribution in [2.45, 2.75) is 25.1 Å². The predicted molar refractivity (Wildman–Crippen MR) is 93.3 cm³/mol. The number of imidazole rings is 1. The first kappa shape index (κ1) is 17.7. The Bertz CT molecular complexity index is 953. The van der Waals surface area contributed by atoms with E-state index in [2.05, 4.69) is 30.2 Å². The fourth-order valence-electron chi connectivity index (χ4n) is 3.27. The van der Waals surface area contributed by atoms with Crippen LogP contribution in [0.2, 0.25) is 0 Å². The molecule has 4 rings (SSSR count). The van der Waals surface area contributed by atoms with E-state index < -0.39 is 11.9 Å². The molecule has 0 bridgehead atoms. The Hall–Kier alpha value is -2.75. The second-order valence-corrected chi connectivity index (χ2v) is 6.45. The van der Waals surface area contributed by atoms with Crippen LogP contribution in [0, 0.1) is 0 Å². The van der Waals surface area contributed by atoms with Crippen molar-refractivity contribution in [1.29, 1.82) is 0 Å². The van der Waals surface area contributed by atoms with Crippen molar-refractivity contribution < 1.29 is 13.2 Å². The highest BCUT2D eigenvalue weighted by Gasteiger charge is 2.33. The molecule has 142 valence electrons. The van der Waals surface area contributed by atoms with E-state index in [0.717, 1.165) is 44.1 Å². The summed E-state index contributed by atoms with van der Waals surface area (Å²) in [6, 6.07) is 2.20. The zero-order valence-corrected chi connectivity index (χ0v) is 14.6. The second kappa shape index (κ2) is 6.76. The predicted octanol–water partition coefficient (Wildman–Crippen LogP) is 2.39. The van der Waals surface area contributed by atoms with Gasteiger partial charge in [-0.1, -0.05) is 0 Å². The van der Waals surface area contributed by atoms with Crippen LogP contribution in [-0.2, 0) is 6.18 Å². The van der Waals surface area contributed by atoms with E-state index in [0.29, 0.717) is 23.2 Å². The molecule has 0 saturated carbocycles. The molecule has 1 unspecified atom stereocenters. The van der Waals surface area contributed by atoms with Gasteiger partial charge in [0.25, 0.3) is 0 Å². The summed E-state index contributed by atoms with van der Waals surface area (Å²) in [6.07, 6.45) is 2.71. The van der Waals surface area contributed by atoms with Crippen LogP contribution in [0.15, 0.2) is 30.9 Å². The minimum atomic E-state index is -4.53. The smallest absolute Gasteiger partial charge is 0.355 e. The van der Waals surface area contributed by atoms with E-state index in [1.54, 1.807) is 6.20 Å².